The lowest BCUT2D eigenvalue weighted by Gasteiger charge is -2.17. The van der Waals surface area contributed by atoms with Crippen molar-refractivity contribution in [1.82, 2.24) is 0 Å². The fourth-order valence-electron chi connectivity index (χ4n) is 4.04. The highest BCUT2D eigenvalue weighted by Crippen LogP contribution is 2.47. The molecule has 0 saturated carbocycles. The van der Waals surface area contributed by atoms with Gasteiger partial charge in [0.2, 0.25) is 6.29 Å². The molecule has 0 radical (unpaired) electrons. The molecule has 6 nitrogen and oxygen atoms in total. The number of rotatable bonds is 6. The predicted octanol–water partition coefficient (Wildman–Crippen LogP) is 5.67. The first-order chi connectivity index (χ1) is 16.4. The van der Waals surface area contributed by atoms with Crippen molar-refractivity contribution in [2.75, 3.05) is 14.2 Å². The van der Waals surface area contributed by atoms with Crippen molar-refractivity contribution in [2.45, 2.75) is 37.6 Å². The van der Waals surface area contributed by atoms with E-state index in [9.17, 15) is 21.6 Å². The molecule has 1 aliphatic rings. The molecule has 1 unspecified atom stereocenters. The van der Waals surface area contributed by atoms with Gasteiger partial charge in [-0.05, 0) is 49.7 Å². The molecule has 0 N–H and O–H groups in total. The lowest BCUT2D eigenvalue weighted by molar-refractivity contribution is -0.137. The monoisotopic (exact) mass is 508 g/mol. The zero-order valence-corrected chi connectivity index (χ0v) is 20.2. The minimum absolute atomic E-state index is 0.0318. The molecule has 0 spiro atoms. The number of alkyl halides is 3. The number of halogens is 3. The van der Waals surface area contributed by atoms with Crippen molar-refractivity contribution in [3.8, 4) is 28.4 Å². The van der Waals surface area contributed by atoms with Crippen LogP contribution in [-0.4, -0.2) is 28.9 Å². The number of fused-ring (bicyclic) bond motifs is 1. The molecule has 10 heteroatoms. The molecule has 0 saturated heterocycles. The topological polar surface area (TPSA) is 71.1 Å². The Morgan fingerprint density at radius 3 is 2.31 bits per heavy atom. The van der Waals surface area contributed by atoms with Crippen molar-refractivity contribution in [2.24, 2.45) is 0 Å². The van der Waals surface area contributed by atoms with E-state index < -0.39 is 28.1 Å². The van der Waals surface area contributed by atoms with E-state index in [-0.39, 0.29) is 33.9 Å². The molecular weight excluding hydrogens is 485 g/mol. The number of aryl methyl sites for hydroxylation is 2. The SMILES string of the molecule is COc1ccc(-c2cc(C(F)(F)F)cc3c2OC(OS(=O)(=O)c2ccc(C)cc2C)C3)c(OC)c1. The normalized spacial score (nSPS) is 15.5. The second-order valence-electron chi connectivity index (χ2n) is 8.15. The highest BCUT2D eigenvalue weighted by atomic mass is 32.2. The molecule has 0 bridgehead atoms. The van der Waals surface area contributed by atoms with Gasteiger partial charge in [0.25, 0.3) is 0 Å². The van der Waals surface area contributed by atoms with Crippen LogP contribution in [0.25, 0.3) is 11.1 Å². The van der Waals surface area contributed by atoms with Crippen LogP contribution < -0.4 is 14.2 Å². The van der Waals surface area contributed by atoms with Crippen LogP contribution in [-0.2, 0) is 26.9 Å². The molecule has 35 heavy (non-hydrogen) atoms. The van der Waals surface area contributed by atoms with Crippen molar-refractivity contribution in [3.63, 3.8) is 0 Å². The van der Waals surface area contributed by atoms with E-state index in [2.05, 4.69) is 0 Å². The molecule has 1 aliphatic heterocycles. The summed E-state index contributed by atoms with van der Waals surface area (Å²) in [5.41, 5.74) is 1.07. The molecule has 3 aromatic rings. The van der Waals surface area contributed by atoms with Gasteiger partial charge in [-0.15, -0.1) is 0 Å². The van der Waals surface area contributed by atoms with Gasteiger partial charge in [0.05, 0.1) is 24.7 Å². The van der Waals surface area contributed by atoms with Gasteiger partial charge in [0.15, 0.2) is 0 Å². The Morgan fingerprint density at radius 2 is 1.69 bits per heavy atom. The zero-order chi connectivity index (χ0) is 25.5. The van der Waals surface area contributed by atoms with E-state index in [0.29, 0.717) is 16.9 Å². The summed E-state index contributed by atoms with van der Waals surface area (Å²) < 4.78 is 88.6. The summed E-state index contributed by atoms with van der Waals surface area (Å²) in [6.07, 6.45) is -6.15. The van der Waals surface area contributed by atoms with E-state index in [4.69, 9.17) is 18.4 Å². The zero-order valence-electron chi connectivity index (χ0n) is 19.4. The van der Waals surface area contributed by atoms with Crippen LogP contribution in [0.3, 0.4) is 0 Å². The van der Waals surface area contributed by atoms with Crippen LogP contribution in [0.2, 0.25) is 0 Å². The van der Waals surface area contributed by atoms with E-state index >= 15 is 0 Å². The van der Waals surface area contributed by atoms with Crippen molar-refractivity contribution < 1.29 is 40.0 Å². The quantitative estimate of drug-likeness (QED) is 0.400. The first kappa shape index (κ1) is 24.9. The molecule has 0 amide bonds. The van der Waals surface area contributed by atoms with Crippen LogP contribution in [0, 0.1) is 13.8 Å². The first-order valence-corrected chi connectivity index (χ1v) is 12.0. The number of hydrogen-bond donors (Lipinski definition) is 0. The van der Waals surface area contributed by atoms with Gasteiger partial charge in [-0.25, -0.2) is 4.18 Å². The highest BCUT2D eigenvalue weighted by molar-refractivity contribution is 7.86. The van der Waals surface area contributed by atoms with Gasteiger partial charge in [-0.3, -0.25) is 0 Å². The molecule has 1 atom stereocenters. The van der Waals surface area contributed by atoms with Gasteiger partial charge >= 0.3 is 16.3 Å². The van der Waals surface area contributed by atoms with Crippen LogP contribution in [0.4, 0.5) is 13.2 Å². The largest absolute Gasteiger partial charge is 0.497 e. The van der Waals surface area contributed by atoms with Crippen LogP contribution in [0.1, 0.15) is 22.3 Å². The first-order valence-electron chi connectivity index (χ1n) is 10.6. The van der Waals surface area contributed by atoms with Gasteiger partial charge < -0.3 is 14.2 Å². The summed E-state index contributed by atoms with van der Waals surface area (Å²) >= 11 is 0. The summed E-state index contributed by atoms with van der Waals surface area (Å²) in [6.45, 7) is 3.46. The molecule has 3 aromatic carbocycles. The lowest BCUT2D eigenvalue weighted by Crippen LogP contribution is -2.23. The third-order valence-corrected chi connectivity index (χ3v) is 7.13. The van der Waals surface area contributed by atoms with Crippen molar-refractivity contribution in [3.05, 3.63) is 70.8 Å². The standard InChI is InChI=1S/C25H23F3O6S/c1-14-5-8-22(15(2)9-14)35(29,30)34-23-11-16-10-17(25(26,27)28)12-20(24(16)33-23)19-7-6-18(31-3)13-21(19)32-4/h5-10,12-13,23H,11H2,1-4H3. The number of benzene rings is 3. The molecule has 1 heterocycles. The third-order valence-electron chi connectivity index (χ3n) is 5.66. The van der Waals surface area contributed by atoms with Gasteiger partial charge in [0.1, 0.15) is 17.2 Å². The Hall–Kier alpha value is -3.24. The molecule has 0 aromatic heterocycles. The molecule has 186 valence electrons. The second kappa shape index (κ2) is 9.09. The van der Waals surface area contributed by atoms with Crippen molar-refractivity contribution in [1.29, 1.82) is 0 Å². The molecule has 0 fully saturated rings. The summed E-state index contributed by atoms with van der Waals surface area (Å²) in [5.74, 6) is 0.819. The Bertz CT molecular complexity index is 1380. The average molecular weight is 509 g/mol. The van der Waals surface area contributed by atoms with Crippen LogP contribution in [0.5, 0.6) is 17.2 Å². The Balaban J connectivity index is 1.75. The number of hydrogen-bond acceptors (Lipinski definition) is 6. The van der Waals surface area contributed by atoms with E-state index in [1.54, 1.807) is 31.2 Å². The minimum atomic E-state index is -4.63. The molecular formula is C25H23F3O6S. The number of methoxy groups -OCH3 is 2. The van der Waals surface area contributed by atoms with Crippen LogP contribution >= 0.6 is 0 Å². The summed E-state index contributed by atoms with van der Waals surface area (Å²) in [5, 5.41) is 0. The lowest BCUT2D eigenvalue weighted by atomic mass is 9.96. The maximum Gasteiger partial charge on any atom is 0.416 e. The highest BCUT2D eigenvalue weighted by Gasteiger charge is 2.37. The molecule has 4 rings (SSSR count). The summed E-state index contributed by atoms with van der Waals surface area (Å²) in [6, 6.07) is 11.3. The van der Waals surface area contributed by atoms with Gasteiger partial charge in [0, 0.05) is 29.2 Å². The fourth-order valence-corrected chi connectivity index (χ4v) is 5.23. The number of ether oxygens (including phenoxy) is 3. The van der Waals surface area contributed by atoms with Crippen molar-refractivity contribution >= 4 is 10.1 Å². The minimum Gasteiger partial charge on any atom is -0.497 e. The average Bonchev–Trinajstić information content (AvgIpc) is 3.18. The Labute approximate surface area is 201 Å². The fraction of sp³-hybridized carbons (Fsp3) is 0.280. The van der Waals surface area contributed by atoms with E-state index in [1.807, 2.05) is 6.92 Å². The second-order valence-corrected chi connectivity index (χ2v) is 9.69. The smallest absolute Gasteiger partial charge is 0.416 e. The summed E-state index contributed by atoms with van der Waals surface area (Å²) in [7, 11) is -1.39. The van der Waals surface area contributed by atoms with E-state index in [1.165, 1.54) is 26.4 Å². The predicted molar refractivity (Wildman–Crippen MR) is 122 cm³/mol. The Morgan fingerprint density at radius 1 is 0.943 bits per heavy atom. The van der Waals surface area contributed by atoms with Gasteiger partial charge in [-0.2, -0.15) is 21.6 Å². The van der Waals surface area contributed by atoms with E-state index in [0.717, 1.165) is 17.7 Å². The third kappa shape index (κ3) is 4.94. The Kier molecular flexibility index (Phi) is 6.46. The summed E-state index contributed by atoms with van der Waals surface area (Å²) in [4.78, 5) is -0.0318. The maximum atomic E-state index is 13.7. The maximum absolute atomic E-state index is 13.7. The molecule has 0 aliphatic carbocycles. The van der Waals surface area contributed by atoms with Crippen LogP contribution in [0.15, 0.2) is 53.4 Å². The van der Waals surface area contributed by atoms with Gasteiger partial charge in [-0.1, -0.05) is 17.7 Å².